The molecule has 1 aliphatic rings. The molecule has 0 saturated carbocycles. The van der Waals surface area contributed by atoms with E-state index in [1.807, 2.05) is 17.5 Å². The Hall–Kier alpha value is -2.16. The number of thiophene rings is 1. The first kappa shape index (κ1) is 17.3. The lowest BCUT2D eigenvalue weighted by Gasteiger charge is -2.22. The van der Waals surface area contributed by atoms with Gasteiger partial charge in [-0.2, -0.15) is 0 Å². The van der Waals surface area contributed by atoms with Crippen LogP contribution in [0, 0.1) is 0 Å². The number of aromatic nitrogens is 1. The Labute approximate surface area is 162 Å². The highest BCUT2D eigenvalue weighted by Crippen LogP contribution is 2.33. The number of nitrogens with one attached hydrogen (secondary N) is 1. The molecule has 6 nitrogen and oxygen atoms in total. The second-order valence-electron chi connectivity index (χ2n) is 5.76. The first-order valence-corrected chi connectivity index (χ1v) is 10.1. The van der Waals surface area contributed by atoms with E-state index < -0.39 is 6.04 Å². The van der Waals surface area contributed by atoms with Crippen molar-refractivity contribution in [1.29, 1.82) is 0 Å². The van der Waals surface area contributed by atoms with Gasteiger partial charge in [0.05, 0.1) is 21.2 Å². The van der Waals surface area contributed by atoms with Crippen LogP contribution in [0.3, 0.4) is 0 Å². The summed E-state index contributed by atoms with van der Waals surface area (Å²) in [6, 6.07) is 6.46. The van der Waals surface area contributed by atoms with Crippen LogP contribution in [0.15, 0.2) is 40.3 Å². The lowest BCUT2D eigenvalue weighted by molar-refractivity contribution is -0.119. The van der Waals surface area contributed by atoms with Crippen molar-refractivity contribution in [3.8, 4) is 10.6 Å². The van der Waals surface area contributed by atoms with E-state index in [2.05, 4.69) is 10.3 Å². The number of carbonyl (C=O) groups is 2. The summed E-state index contributed by atoms with van der Waals surface area (Å²) in [6.45, 7) is 0.536. The van der Waals surface area contributed by atoms with Gasteiger partial charge in [0.25, 0.3) is 5.91 Å². The minimum Gasteiger partial charge on any atom is -0.459 e. The van der Waals surface area contributed by atoms with Gasteiger partial charge in [-0.1, -0.05) is 11.6 Å². The average Bonchev–Trinajstić information content (AvgIpc) is 3.40. The van der Waals surface area contributed by atoms with Crippen molar-refractivity contribution in [3.63, 3.8) is 0 Å². The van der Waals surface area contributed by atoms with E-state index in [-0.39, 0.29) is 17.6 Å². The van der Waals surface area contributed by atoms with Crippen LogP contribution in [-0.2, 0) is 4.79 Å². The van der Waals surface area contributed by atoms with Crippen molar-refractivity contribution in [1.82, 2.24) is 9.88 Å². The number of hydrogen-bond donors (Lipinski definition) is 1. The monoisotopic (exact) mass is 407 g/mol. The van der Waals surface area contributed by atoms with Crippen LogP contribution in [0.2, 0.25) is 4.34 Å². The van der Waals surface area contributed by atoms with Gasteiger partial charge in [-0.05, 0) is 37.1 Å². The molecule has 26 heavy (non-hydrogen) atoms. The smallest absolute Gasteiger partial charge is 0.290 e. The van der Waals surface area contributed by atoms with E-state index in [0.29, 0.717) is 22.4 Å². The minimum absolute atomic E-state index is 0.229. The Bertz CT molecular complexity index is 935. The summed E-state index contributed by atoms with van der Waals surface area (Å²) in [5.41, 5.74) is 0.775. The predicted molar refractivity (Wildman–Crippen MR) is 102 cm³/mol. The quantitative estimate of drug-likeness (QED) is 0.697. The number of hydrogen-bond acceptors (Lipinski definition) is 6. The molecular formula is C17H14ClN3O3S2. The summed E-state index contributed by atoms with van der Waals surface area (Å²) < 4.78 is 5.86. The van der Waals surface area contributed by atoms with Crippen LogP contribution >= 0.6 is 34.3 Å². The van der Waals surface area contributed by atoms with Gasteiger partial charge in [-0.15, -0.1) is 22.7 Å². The number of nitrogens with zero attached hydrogens (tertiary/aromatic N) is 2. The Balaban J connectivity index is 1.46. The van der Waals surface area contributed by atoms with Gasteiger partial charge < -0.3 is 14.6 Å². The molecule has 0 aliphatic carbocycles. The molecular weight excluding hydrogens is 394 g/mol. The third kappa shape index (κ3) is 3.40. The summed E-state index contributed by atoms with van der Waals surface area (Å²) in [7, 11) is 0. The van der Waals surface area contributed by atoms with Crippen LogP contribution in [0.1, 0.15) is 23.4 Å². The first-order valence-electron chi connectivity index (χ1n) is 7.98. The zero-order valence-corrected chi connectivity index (χ0v) is 15.9. The number of furan rings is 1. The maximum Gasteiger partial charge on any atom is 0.290 e. The fourth-order valence-electron chi connectivity index (χ4n) is 2.91. The van der Waals surface area contributed by atoms with E-state index in [9.17, 15) is 9.59 Å². The number of rotatable bonds is 4. The average molecular weight is 408 g/mol. The number of amides is 2. The van der Waals surface area contributed by atoms with Gasteiger partial charge in [-0.3, -0.25) is 9.59 Å². The van der Waals surface area contributed by atoms with Crippen molar-refractivity contribution in [2.75, 3.05) is 11.9 Å². The number of carbonyl (C=O) groups excluding carboxylic acids is 2. The molecule has 4 rings (SSSR count). The second kappa shape index (κ2) is 7.22. The van der Waals surface area contributed by atoms with Crippen LogP contribution in [0.25, 0.3) is 10.6 Å². The second-order valence-corrected chi connectivity index (χ2v) is 8.34. The molecule has 1 atom stereocenters. The number of likely N-dealkylation sites (tertiary alicyclic amines) is 1. The lowest BCUT2D eigenvalue weighted by atomic mass is 10.2. The Morgan fingerprint density at radius 3 is 2.96 bits per heavy atom. The van der Waals surface area contributed by atoms with Gasteiger partial charge in [0.2, 0.25) is 5.91 Å². The fraction of sp³-hybridized carbons (Fsp3) is 0.235. The Morgan fingerprint density at radius 2 is 2.23 bits per heavy atom. The molecule has 1 unspecified atom stereocenters. The SMILES string of the molecule is O=C(Nc1nc(-c2ccc(Cl)s2)cs1)C1CCCN1C(=O)c1ccco1. The molecule has 0 aromatic carbocycles. The van der Waals surface area contributed by atoms with Gasteiger partial charge in [0.1, 0.15) is 6.04 Å². The molecule has 0 bridgehead atoms. The lowest BCUT2D eigenvalue weighted by Crippen LogP contribution is -2.43. The van der Waals surface area contributed by atoms with Crippen molar-refractivity contribution < 1.29 is 14.0 Å². The van der Waals surface area contributed by atoms with Gasteiger partial charge in [0, 0.05) is 11.9 Å². The number of halogens is 1. The standard InChI is InChI=1S/C17H14ClN3O3S2/c18-14-6-5-13(26-14)10-9-25-17(19-10)20-15(22)11-3-1-7-21(11)16(23)12-4-2-8-24-12/h2,4-6,8-9,11H,1,3,7H2,(H,19,20,22). The van der Waals surface area contributed by atoms with Crippen LogP contribution in [-0.4, -0.2) is 34.3 Å². The summed E-state index contributed by atoms with van der Waals surface area (Å²) in [5, 5.41) is 5.21. The van der Waals surface area contributed by atoms with E-state index in [1.54, 1.807) is 17.0 Å². The van der Waals surface area contributed by atoms with Gasteiger partial charge in [0.15, 0.2) is 10.9 Å². The Morgan fingerprint density at radius 1 is 1.35 bits per heavy atom. The topological polar surface area (TPSA) is 75.4 Å². The molecule has 1 N–H and O–H groups in total. The van der Waals surface area contributed by atoms with Crippen molar-refractivity contribution in [2.45, 2.75) is 18.9 Å². The Kier molecular flexibility index (Phi) is 4.80. The van der Waals surface area contributed by atoms with E-state index in [0.717, 1.165) is 17.0 Å². The molecule has 4 heterocycles. The molecule has 3 aromatic heterocycles. The molecule has 3 aromatic rings. The van der Waals surface area contributed by atoms with Crippen molar-refractivity contribution in [2.24, 2.45) is 0 Å². The number of thiazole rings is 1. The highest BCUT2D eigenvalue weighted by atomic mass is 35.5. The van der Waals surface area contributed by atoms with E-state index in [4.69, 9.17) is 16.0 Å². The summed E-state index contributed by atoms with van der Waals surface area (Å²) in [5.74, 6) is -0.246. The van der Waals surface area contributed by atoms with Gasteiger partial charge in [-0.25, -0.2) is 4.98 Å². The van der Waals surface area contributed by atoms with E-state index >= 15 is 0 Å². The molecule has 0 radical (unpaired) electrons. The molecule has 1 aliphatic heterocycles. The predicted octanol–water partition coefficient (Wildman–Crippen LogP) is 4.36. The van der Waals surface area contributed by atoms with E-state index in [1.165, 1.54) is 28.9 Å². The molecule has 9 heteroatoms. The molecule has 2 amide bonds. The number of anilines is 1. The third-order valence-corrected chi connectivity index (χ3v) is 6.12. The van der Waals surface area contributed by atoms with Crippen LogP contribution in [0.5, 0.6) is 0 Å². The maximum absolute atomic E-state index is 12.7. The van der Waals surface area contributed by atoms with Gasteiger partial charge >= 0.3 is 0 Å². The first-order chi connectivity index (χ1) is 12.6. The minimum atomic E-state index is -0.517. The van der Waals surface area contributed by atoms with Crippen LogP contribution in [0.4, 0.5) is 5.13 Å². The van der Waals surface area contributed by atoms with Crippen molar-refractivity contribution in [3.05, 3.63) is 46.0 Å². The van der Waals surface area contributed by atoms with Crippen LogP contribution < -0.4 is 5.32 Å². The molecule has 134 valence electrons. The summed E-state index contributed by atoms with van der Waals surface area (Å²) in [4.78, 5) is 32.1. The normalized spacial score (nSPS) is 16.8. The molecule has 1 saturated heterocycles. The highest BCUT2D eigenvalue weighted by Gasteiger charge is 2.35. The molecule has 0 spiro atoms. The zero-order chi connectivity index (χ0) is 18.1. The summed E-state index contributed by atoms with van der Waals surface area (Å²) in [6.07, 6.45) is 2.85. The van der Waals surface area contributed by atoms with Crippen molar-refractivity contribution >= 4 is 51.2 Å². The zero-order valence-electron chi connectivity index (χ0n) is 13.5. The highest BCUT2D eigenvalue weighted by molar-refractivity contribution is 7.20. The fourth-order valence-corrected chi connectivity index (χ4v) is 4.70. The molecule has 1 fully saturated rings. The largest absolute Gasteiger partial charge is 0.459 e. The maximum atomic E-state index is 12.7. The summed E-state index contributed by atoms with van der Waals surface area (Å²) >= 11 is 8.74. The third-order valence-electron chi connectivity index (χ3n) is 4.11.